The smallest absolute Gasteiger partial charge is 0.0361 e. The number of rotatable bonds is 0. The van der Waals surface area contributed by atoms with Gasteiger partial charge in [0.25, 0.3) is 0 Å². The van der Waals surface area contributed by atoms with Gasteiger partial charge in [0.15, 0.2) is 0 Å². The fourth-order valence-electron chi connectivity index (χ4n) is 1.96. The zero-order valence-corrected chi connectivity index (χ0v) is 8.56. The highest BCUT2D eigenvalue weighted by molar-refractivity contribution is 6.20. The molecule has 0 amide bonds. The average molecular weight is 175 g/mol. The molecule has 0 radical (unpaired) electrons. The van der Waals surface area contributed by atoms with Gasteiger partial charge in [0.2, 0.25) is 0 Å². The van der Waals surface area contributed by atoms with Crippen LogP contribution in [0.3, 0.4) is 0 Å². The van der Waals surface area contributed by atoms with Crippen LogP contribution in [-0.2, 0) is 0 Å². The lowest BCUT2D eigenvalue weighted by Gasteiger charge is -2.18. The normalized spacial score (nSPS) is 46.9. The summed E-state index contributed by atoms with van der Waals surface area (Å²) in [4.78, 5) is 0. The summed E-state index contributed by atoms with van der Waals surface area (Å²) in [5.41, 5.74) is 0. The SMILES string of the molecule is CC1CCC(Cl)C(C)CC1C. The Hall–Kier alpha value is 0.290. The Morgan fingerprint density at radius 1 is 0.909 bits per heavy atom. The molecule has 1 fully saturated rings. The number of alkyl halides is 1. The predicted octanol–water partition coefficient (Wildman–Crippen LogP) is 3.69. The zero-order chi connectivity index (χ0) is 8.43. The van der Waals surface area contributed by atoms with Crippen LogP contribution in [0, 0.1) is 17.8 Å². The summed E-state index contributed by atoms with van der Waals surface area (Å²) in [6, 6.07) is 0. The minimum atomic E-state index is 0.433. The van der Waals surface area contributed by atoms with E-state index in [0.29, 0.717) is 5.38 Å². The molecule has 0 aromatic rings. The van der Waals surface area contributed by atoms with Crippen LogP contribution in [0.5, 0.6) is 0 Å². The molecule has 0 spiro atoms. The van der Waals surface area contributed by atoms with E-state index >= 15 is 0 Å². The Labute approximate surface area is 75.3 Å². The van der Waals surface area contributed by atoms with Gasteiger partial charge in [-0.1, -0.05) is 20.8 Å². The van der Waals surface area contributed by atoms with E-state index in [1.807, 2.05) is 0 Å². The Kier molecular flexibility index (Phi) is 3.24. The molecule has 0 aromatic carbocycles. The van der Waals surface area contributed by atoms with E-state index in [9.17, 15) is 0 Å². The van der Waals surface area contributed by atoms with Crippen LogP contribution in [-0.4, -0.2) is 5.38 Å². The van der Waals surface area contributed by atoms with Crippen molar-refractivity contribution in [2.45, 2.75) is 45.4 Å². The maximum absolute atomic E-state index is 6.20. The molecule has 11 heavy (non-hydrogen) atoms. The third-order valence-corrected chi connectivity index (χ3v) is 3.88. The lowest BCUT2D eigenvalue weighted by Crippen LogP contribution is -2.11. The fourth-order valence-corrected chi connectivity index (χ4v) is 2.19. The summed E-state index contributed by atoms with van der Waals surface area (Å²) < 4.78 is 0. The summed E-state index contributed by atoms with van der Waals surface area (Å²) >= 11 is 6.20. The first-order chi connectivity index (χ1) is 5.11. The second-order valence-corrected chi connectivity index (χ2v) is 4.82. The maximum atomic E-state index is 6.20. The monoisotopic (exact) mass is 174 g/mol. The van der Waals surface area contributed by atoms with Crippen LogP contribution in [0.1, 0.15) is 40.0 Å². The minimum Gasteiger partial charge on any atom is -0.123 e. The molecular formula is C10H19Cl. The molecule has 0 aliphatic heterocycles. The van der Waals surface area contributed by atoms with Crippen LogP contribution in [0.15, 0.2) is 0 Å². The van der Waals surface area contributed by atoms with Gasteiger partial charge in [0.1, 0.15) is 0 Å². The molecule has 4 atom stereocenters. The molecule has 0 nitrogen and oxygen atoms in total. The molecular weight excluding hydrogens is 156 g/mol. The van der Waals surface area contributed by atoms with Gasteiger partial charge in [-0.05, 0) is 37.0 Å². The Morgan fingerprint density at radius 3 is 2.18 bits per heavy atom. The molecule has 0 bridgehead atoms. The number of hydrogen-bond donors (Lipinski definition) is 0. The van der Waals surface area contributed by atoms with Crippen LogP contribution in [0.25, 0.3) is 0 Å². The van der Waals surface area contributed by atoms with Gasteiger partial charge in [-0.15, -0.1) is 11.6 Å². The van der Waals surface area contributed by atoms with E-state index < -0.39 is 0 Å². The van der Waals surface area contributed by atoms with Gasteiger partial charge >= 0.3 is 0 Å². The highest BCUT2D eigenvalue weighted by Gasteiger charge is 2.25. The molecule has 1 heteroatoms. The standard InChI is InChI=1S/C10H19Cl/c1-7-4-5-10(11)9(3)6-8(7)2/h7-10H,4-6H2,1-3H3. The lowest BCUT2D eigenvalue weighted by atomic mass is 9.89. The van der Waals surface area contributed by atoms with Crippen molar-refractivity contribution in [3.8, 4) is 0 Å². The molecule has 1 saturated carbocycles. The molecule has 0 aromatic heterocycles. The van der Waals surface area contributed by atoms with Gasteiger partial charge in [0.05, 0.1) is 0 Å². The van der Waals surface area contributed by atoms with Gasteiger partial charge in [-0.3, -0.25) is 0 Å². The summed E-state index contributed by atoms with van der Waals surface area (Å²) in [6.45, 7) is 6.99. The van der Waals surface area contributed by atoms with Gasteiger partial charge in [-0.25, -0.2) is 0 Å². The van der Waals surface area contributed by atoms with Crippen molar-refractivity contribution >= 4 is 11.6 Å². The summed E-state index contributed by atoms with van der Waals surface area (Å²) in [5, 5.41) is 0.433. The van der Waals surface area contributed by atoms with Gasteiger partial charge in [-0.2, -0.15) is 0 Å². The molecule has 1 aliphatic carbocycles. The van der Waals surface area contributed by atoms with E-state index in [4.69, 9.17) is 11.6 Å². The first kappa shape index (κ1) is 9.38. The van der Waals surface area contributed by atoms with E-state index in [1.54, 1.807) is 0 Å². The molecule has 0 N–H and O–H groups in total. The van der Waals surface area contributed by atoms with Crippen LogP contribution >= 0.6 is 11.6 Å². The third kappa shape index (κ3) is 2.37. The van der Waals surface area contributed by atoms with Gasteiger partial charge in [0, 0.05) is 5.38 Å². The number of halogens is 1. The van der Waals surface area contributed by atoms with Gasteiger partial charge < -0.3 is 0 Å². The summed E-state index contributed by atoms with van der Waals surface area (Å²) in [6.07, 6.45) is 3.85. The molecule has 4 unspecified atom stereocenters. The van der Waals surface area contributed by atoms with Crippen molar-refractivity contribution in [1.82, 2.24) is 0 Å². The van der Waals surface area contributed by atoms with Crippen LogP contribution < -0.4 is 0 Å². The van der Waals surface area contributed by atoms with Crippen molar-refractivity contribution in [2.75, 3.05) is 0 Å². The molecule has 1 aliphatic rings. The highest BCUT2D eigenvalue weighted by Crippen LogP contribution is 2.33. The summed E-state index contributed by atoms with van der Waals surface area (Å²) in [5.74, 6) is 2.46. The average Bonchev–Trinajstić information content (AvgIpc) is 2.05. The van der Waals surface area contributed by atoms with Crippen LogP contribution in [0.2, 0.25) is 0 Å². The quantitative estimate of drug-likeness (QED) is 0.388. The van der Waals surface area contributed by atoms with E-state index in [2.05, 4.69) is 20.8 Å². The minimum absolute atomic E-state index is 0.433. The fraction of sp³-hybridized carbons (Fsp3) is 1.00. The molecule has 66 valence electrons. The van der Waals surface area contributed by atoms with E-state index in [1.165, 1.54) is 19.3 Å². The lowest BCUT2D eigenvalue weighted by molar-refractivity contribution is 0.341. The third-order valence-electron chi connectivity index (χ3n) is 3.23. The highest BCUT2D eigenvalue weighted by atomic mass is 35.5. The first-order valence-electron chi connectivity index (χ1n) is 4.75. The topological polar surface area (TPSA) is 0 Å². The second kappa shape index (κ2) is 3.80. The Balaban J connectivity index is 2.51. The van der Waals surface area contributed by atoms with Crippen molar-refractivity contribution in [1.29, 1.82) is 0 Å². The molecule has 0 heterocycles. The van der Waals surface area contributed by atoms with Crippen molar-refractivity contribution in [3.05, 3.63) is 0 Å². The summed E-state index contributed by atoms with van der Waals surface area (Å²) in [7, 11) is 0. The second-order valence-electron chi connectivity index (χ2n) is 4.26. The Bertz CT molecular complexity index is 108. The molecule has 0 saturated heterocycles. The Morgan fingerprint density at radius 2 is 1.55 bits per heavy atom. The van der Waals surface area contributed by atoms with Crippen molar-refractivity contribution < 1.29 is 0 Å². The predicted molar refractivity (Wildman–Crippen MR) is 51.0 cm³/mol. The molecule has 1 rings (SSSR count). The van der Waals surface area contributed by atoms with Crippen LogP contribution in [0.4, 0.5) is 0 Å². The van der Waals surface area contributed by atoms with E-state index in [0.717, 1.165) is 17.8 Å². The maximum Gasteiger partial charge on any atom is 0.0361 e. The first-order valence-corrected chi connectivity index (χ1v) is 5.19. The zero-order valence-electron chi connectivity index (χ0n) is 7.81. The largest absolute Gasteiger partial charge is 0.123 e. The van der Waals surface area contributed by atoms with Crippen molar-refractivity contribution in [2.24, 2.45) is 17.8 Å². The van der Waals surface area contributed by atoms with Crippen molar-refractivity contribution in [3.63, 3.8) is 0 Å². The van der Waals surface area contributed by atoms with E-state index in [-0.39, 0.29) is 0 Å². The number of hydrogen-bond acceptors (Lipinski definition) is 0.